The molecule has 0 saturated carbocycles. The van der Waals surface area contributed by atoms with Crippen LogP contribution in [0.5, 0.6) is 5.75 Å². The first-order valence-electron chi connectivity index (χ1n) is 7.04. The molecule has 0 spiro atoms. The van der Waals surface area contributed by atoms with Crippen LogP contribution in [0.2, 0.25) is 0 Å². The number of methoxy groups -OCH3 is 1. The van der Waals surface area contributed by atoms with Gasteiger partial charge in [0.1, 0.15) is 5.75 Å². The van der Waals surface area contributed by atoms with Crippen LogP contribution in [-0.4, -0.2) is 28.0 Å². The second-order valence-corrected chi connectivity index (χ2v) is 6.14. The van der Waals surface area contributed by atoms with E-state index in [1.807, 2.05) is 42.6 Å². The van der Waals surface area contributed by atoms with Gasteiger partial charge in [0.05, 0.1) is 23.4 Å². The molecule has 0 radical (unpaired) electrons. The van der Waals surface area contributed by atoms with Crippen molar-refractivity contribution in [3.8, 4) is 22.0 Å². The number of benzene rings is 1. The summed E-state index contributed by atoms with van der Waals surface area (Å²) < 4.78 is 6.85. The SMILES string of the molecule is COc1ccc(-n2nc(C(=O)O)c(C)c2-c2cc(C)cs2)cc1. The molecule has 1 aromatic carbocycles. The number of carboxylic acid groups (broad SMARTS) is 1. The second-order valence-electron chi connectivity index (χ2n) is 5.23. The molecule has 118 valence electrons. The summed E-state index contributed by atoms with van der Waals surface area (Å²) in [5.74, 6) is -0.283. The number of nitrogens with zero attached hydrogens (tertiary/aromatic N) is 2. The predicted molar refractivity (Wildman–Crippen MR) is 89.9 cm³/mol. The number of aromatic carboxylic acids is 1. The zero-order valence-electron chi connectivity index (χ0n) is 13.0. The minimum atomic E-state index is -1.02. The van der Waals surface area contributed by atoms with E-state index in [4.69, 9.17) is 4.74 Å². The highest BCUT2D eigenvalue weighted by Gasteiger charge is 2.22. The van der Waals surface area contributed by atoms with Crippen molar-refractivity contribution in [2.24, 2.45) is 0 Å². The first kappa shape index (κ1) is 15.3. The Morgan fingerprint density at radius 3 is 2.48 bits per heavy atom. The standard InChI is InChI=1S/C17H16N2O3S/c1-10-8-14(23-9-10)16-11(2)15(17(20)21)18-19(16)12-4-6-13(22-3)7-5-12/h4-9H,1-3H3,(H,20,21). The van der Waals surface area contributed by atoms with E-state index in [9.17, 15) is 9.90 Å². The molecule has 0 aliphatic heterocycles. The van der Waals surface area contributed by atoms with Gasteiger partial charge in [0.25, 0.3) is 0 Å². The van der Waals surface area contributed by atoms with Crippen LogP contribution in [0.25, 0.3) is 16.3 Å². The summed E-state index contributed by atoms with van der Waals surface area (Å²) in [6, 6.07) is 9.43. The van der Waals surface area contributed by atoms with Crippen molar-refractivity contribution in [3.05, 3.63) is 52.5 Å². The monoisotopic (exact) mass is 328 g/mol. The maximum atomic E-state index is 11.5. The van der Waals surface area contributed by atoms with Crippen LogP contribution in [0.1, 0.15) is 21.6 Å². The Balaban J connectivity index is 2.21. The number of carboxylic acids is 1. The van der Waals surface area contributed by atoms with Gasteiger partial charge in [-0.3, -0.25) is 0 Å². The smallest absolute Gasteiger partial charge is 0.356 e. The summed E-state index contributed by atoms with van der Waals surface area (Å²) in [5.41, 5.74) is 3.48. The first-order chi connectivity index (χ1) is 11.0. The number of ether oxygens (including phenoxy) is 1. The minimum Gasteiger partial charge on any atom is -0.497 e. The molecule has 2 heterocycles. The van der Waals surface area contributed by atoms with Crippen molar-refractivity contribution in [1.82, 2.24) is 9.78 Å². The number of aryl methyl sites for hydroxylation is 1. The topological polar surface area (TPSA) is 64.4 Å². The summed E-state index contributed by atoms with van der Waals surface area (Å²) in [7, 11) is 1.61. The third-order valence-corrected chi connectivity index (χ3v) is 4.66. The van der Waals surface area contributed by atoms with Gasteiger partial charge < -0.3 is 9.84 Å². The molecule has 3 aromatic rings. The van der Waals surface area contributed by atoms with Gasteiger partial charge in [-0.25, -0.2) is 9.48 Å². The Labute approximate surface area is 137 Å². The second kappa shape index (κ2) is 5.89. The fourth-order valence-corrected chi connectivity index (χ4v) is 3.44. The van der Waals surface area contributed by atoms with Gasteiger partial charge in [0.15, 0.2) is 5.69 Å². The lowest BCUT2D eigenvalue weighted by Crippen LogP contribution is -2.02. The summed E-state index contributed by atoms with van der Waals surface area (Å²) >= 11 is 1.58. The largest absolute Gasteiger partial charge is 0.497 e. The van der Waals surface area contributed by atoms with Gasteiger partial charge in [-0.2, -0.15) is 5.10 Å². The number of hydrogen-bond donors (Lipinski definition) is 1. The molecule has 0 fully saturated rings. The third-order valence-electron chi connectivity index (χ3n) is 3.61. The van der Waals surface area contributed by atoms with Gasteiger partial charge in [0.2, 0.25) is 0 Å². The van der Waals surface area contributed by atoms with Crippen LogP contribution >= 0.6 is 11.3 Å². The van der Waals surface area contributed by atoms with Crippen molar-refractivity contribution >= 4 is 17.3 Å². The number of thiophene rings is 1. The Morgan fingerprint density at radius 1 is 1.26 bits per heavy atom. The van der Waals surface area contributed by atoms with Crippen LogP contribution in [0, 0.1) is 13.8 Å². The molecule has 5 nitrogen and oxygen atoms in total. The molecule has 23 heavy (non-hydrogen) atoms. The molecule has 0 unspecified atom stereocenters. The highest BCUT2D eigenvalue weighted by molar-refractivity contribution is 7.13. The maximum Gasteiger partial charge on any atom is 0.356 e. The lowest BCUT2D eigenvalue weighted by atomic mass is 10.1. The molecule has 0 atom stereocenters. The molecule has 2 aromatic heterocycles. The molecule has 0 saturated heterocycles. The molecule has 0 aliphatic rings. The maximum absolute atomic E-state index is 11.5. The van der Waals surface area contributed by atoms with E-state index in [-0.39, 0.29) is 5.69 Å². The van der Waals surface area contributed by atoms with Crippen LogP contribution in [0.3, 0.4) is 0 Å². The molecule has 3 rings (SSSR count). The van der Waals surface area contributed by atoms with E-state index in [1.165, 1.54) is 0 Å². The minimum absolute atomic E-state index is 0.0712. The van der Waals surface area contributed by atoms with Crippen molar-refractivity contribution in [2.75, 3.05) is 7.11 Å². The fourth-order valence-electron chi connectivity index (χ4n) is 2.45. The number of aromatic nitrogens is 2. The van der Waals surface area contributed by atoms with E-state index >= 15 is 0 Å². The summed E-state index contributed by atoms with van der Waals surface area (Å²) in [6.45, 7) is 3.81. The average Bonchev–Trinajstić information content (AvgIpc) is 3.10. The third kappa shape index (κ3) is 2.73. The summed E-state index contributed by atoms with van der Waals surface area (Å²) in [4.78, 5) is 12.5. The van der Waals surface area contributed by atoms with Crippen LogP contribution < -0.4 is 4.74 Å². The number of carbonyl (C=O) groups is 1. The zero-order chi connectivity index (χ0) is 16.6. The molecule has 1 N–H and O–H groups in total. The quantitative estimate of drug-likeness (QED) is 0.788. The van der Waals surface area contributed by atoms with Gasteiger partial charge in [-0.1, -0.05) is 0 Å². The average molecular weight is 328 g/mol. The number of hydrogen-bond acceptors (Lipinski definition) is 4. The van der Waals surface area contributed by atoms with Crippen molar-refractivity contribution < 1.29 is 14.6 Å². The van der Waals surface area contributed by atoms with Crippen molar-refractivity contribution in [2.45, 2.75) is 13.8 Å². The Morgan fingerprint density at radius 2 is 1.96 bits per heavy atom. The molecule has 0 bridgehead atoms. The lowest BCUT2D eigenvalue weighted by Gasteiger charge is -2.08. The molecular formula is C17H16N2O3S. The van der Waals surface area contributed by atoms with Crippen LogP contribution in [-0.2, 0) is 0 Å². The summed E-state index contributed by atoms with van der Waals surface area (Å²) in [6.07, 6.45) is 0. The zero-order valence-corrected chi connectivity index (χ0v) is 13.8. The van der Waals surface area contributed by atoms with E-state index < -0.39 is 5.97 Å². The van der Waals surface area contributed by atoms with Crippen molar-refractivity contribution in [3.63, 3.8) is 0 Å². The Bertz CT molecular complexity index is 863. The first-order valence-corrected chi connectivity index (χ1v) is 7.92. The van der Waals surface area contributed by atoms with E-state index in [0.717, 1.165) is 27.6 Å². The Kier molecular flexibility index (Phi) is 3.92. The van der Waals surface area contributed by atoms with Gasteiger partial charge in [0, 0.05) is 5.56 Å². The van der Waals surface area contributed by atoms with E-state index in [0.29, 0.717) is 5.56 Å². The van der Waals surface area contributed by atoms with Gasteiger partial charge in [-0.15, -0.1) is 11.3 Å². The molecular weight excluding hydrogens is 312 g/mol. The lowest BCUT2D eigenvalue weighted by molar-refractivity contribution is 0.0689. The van der Waals surface area contributed by atoms with Crippen LogP contribution in [0.4, 0.5) is 0 Å². The molecule has 0 amide bonds. The summed E-state index contributed by atoms with van der Waals surface area (Å²) in [5, 5.41) is 15.7. The molecule has 6 heteroatoms. The predicted octanol–water partition coefficient (Wildman–Crippen LogP) is 3.92. The highest BCUT2D eigenvalue weighted by Crippen LogP contribution is 2.33. The molecule has 0 aliphatic carbocycles. The van der Waals surface area contributed by atoms with E-state index in [2.05, 4.69) is 5.10 Å². The highest BCUT2D eigenvalue weighted by atomic mass is 32.1. The van der Waals surface area contributed by atoms with Gasteiger partial charge >= 0.3 is 5.97 Å². The van der Waals surface area contributed by atoms with E-state index in [1.54, 1.807) is 30.1 Å². The fraction of sp³-hybridized carbons (Fsp3) is 0.176. The van der Waals surface area contributed by atoms with Crippen molar-refractivity contribution in [1.29, 1.82) is 0 Å². The van der Waals surface area contributed by atoms with Crippen LogP contribution in [0.15, 0.2) is 35.7 Å². The van der Waals surface area contributed by atoms with Gasteiger partial charge in [-0.05, 0) is 55.1 Å². The number of rotatable bonds is 4. The normalized spacial score (nSPS) is 10.7. The Hall–Kier alpha value is -2.60.